The summed E-state index contributed by atoms with van der Waals surface area (Å²) in [6, 6.07) is 4.45. The van der Waals surface area contributed by atoms with Crippen LogP contribution < -0.4 is 16.2 Å². The van der Waals surface area contributed by atoms with Crippen LogP contribution in [0.2, 0.25) is 5.02 Å². The van der Waals surface area contributed by atoms with Gasteiger partial charge in [0.15, 0.2) is 5.69 Å². The monoisotopic (exact) mass is 466 g/mol. The van der Waals surface area contributed by atoms with Gasteiger partial charge >= 0.3 is 6.18 Å². The minimum Gasteiger partial charge on any atom is -0.364 e. The van der Waals surface area contributed by atoms with Crippen molar-refractivity contribution in [3.05, 3.63) is 73.9 Å². The molecular formula is C20H18ClF3N6O2. The fourth-order valence-electron chi connectivity index (χ4n) is 4.02. The van der Waals surface area contributed by atoms with Crippen LogP contribution in [0.1, 0.15) is 45.8 Å². The Balaban J connectivity index is 1.78. The molecule has 8 nitrogen and oxygen atoms in total. The van der Waals surface area contributed by atoms with E-state index in [1.54, 1.807) is 11.8 Å². The maximum absolute atomic E-state index is 13.5. The number of halogens is 4. The summed E-state index contributed by atoms with van der Waals surface area (Å²) in [5, 5.41) is 10.2. The van der Waals surface area contributed by atoms with Crippen LogP contribution in [0.3, 0.4) is 0 Å². The highest BCUT2D eigenvalue weighted by atomic mass is 35.5. The Morgan fingerprint density at radius 2 is 2.03 bits per heavy atom. The fourth-order valence-corrected chi connectivity index (χ4v) is 4.23. The molecule has 12 heteroatoms. The number of carbonyl (C=O) groups excluding carboxylic acids is 1. The first-order valence-electron chi connectivity index (χ1n) is 9.64. The number of nitrogens with two attached hydrogens (primary N) is 1. The van der Waals surface area contributed by atoms with Crippen LogP contribution in [-0.4, -0.2) is 32.4 Å². The van der Waals surface area contributed by atoms with Crippen molar-refractivity contribution in [1.29, 1.82) is 0 Å². The highest BCUT2D eigenvalue weighted by Gasteiger charge is 2.36. The Kier molecular flexibility index (Phi) is 5.45. The first-order valence-corrected chi connectivity index (χ1v) is 10.0. The third-order valence-electron chi connectivity index (χ3n) is 5.52. The molecule has 2 aromatic heterocycles. The first kappa shape index (κ1) is 21.9. The van der Waals surface area contributed by atoms with Gasteiger partial charge in [0.25, 0.3) is 11.5 Å². The SMILES string of the molecule is C[C@H](c1ccccc1C(F)(F)F)n1nc(C(N)=O)c2c1CCN(c1cn[nH]c(=O)c1Cl)C2. The summed E-state index contributed by atoms with van der Waals surface area (Å²) >= 11 is 6.11. The number of hydrogen-bond donors (Lipinski definition) is 2. The summed E-state index contributed by atoms with van der Waals surface area (Å²) in [7, 11) is 0. The topological polar surface area (TPSA) is 110 Å². The number of hydrogen-bond acceptors (Lipinski definition) is 5. The Morgan fingerprint density at radius 1 is 1.31 bits per heavy atom. The zero-order chi connectivity index (χ0) is 23.2. The molecule has 0 saturated carbocycles. The van der Waals surface area contributed by atoms with Crippen molar-refractivity contribution >= 4 is 23.2 Å². The van der Waals surface area contributed by atoms with Crippen molar-refractivity contribution in [3.8, 4) is 0 Å². The van der Waals surface area contributed by atoms with Crippen molar-refractivity contribution in [3.63, 3.8) is 0 Å². The average Bonchev–Trinajstić information content (AvgIpc) is 3.13. The second kappa shape index (κ2) is 7.97. The molecule has 168 valence electrons. The highest BCUT2D eigenvalue weighted by Crippen LogP contribution is 2.37. The number of fused-ring (bicyclic) bond motifs is 1. The number of alkyl halides is 3. The molecular weight excluding hydrogens is 449 g/mol. The van der Waals surface area contributed by atoms with Crippen molar-refractivity contribution in [1.82, 2.24) is 20.0 Å². The predicted octanol–water partition coefficient (Wildman–Crippen LogP) is 2.91. The summed E-state index contributed by atoms with van der Waals surface area (Å²) in [5.74, 6) is -0.798. The molecule has 0 unspecified atom stereocenters. The van der Waals surface area contributed by atoms with Crippen LogP contribution in [0.4, 0.5) is 18.9 Å². The van der Waals surface area contributed by atoms with Gasteiger partial charge in [0, 0.05) is 30.8 Å². The third kappa shape index (κ3) is 3.72. The van der Waals surface area contributed by atoms with Gasteiger partial charge in [-0.15, -0.1) is 0 Å². The molecule has 3 aromatic rings. The largest absolute Gasteiger partial charge is 0.416 e. The molecule has 0 fully saturated rings. The number of primary amides is 1. The Bertz CT molecular complexity index is 1250. The molecule has 32 heavy (non-hydrogen) atoms. The van der Waals surface area contributed by atoms with E-state index >= 15 is 0 Å². The van der Waals surface area contributed by atoms with Crippen molar-refractivity contribution in [2.24, 2.45) is 5.73 Å². The minimum atomic E-state index is -4.54. The molecule has 3 N–H and O–H groups in total. The molecule has 0 saturated heterocycles. The second-order valence-corrected chi connectivity index (χ2v) is 7.79. The van der Waals surface area contributed by atoms with Gasteiger partial charge in [0.2, 0.25) is 0 Å². The molecule has 3 heterocycles. The summed E-state index contributed by atoms with van der Waals surface area (Å²) in [6.45, 7) is 2.12. The fraction of sp³-hybridized carbons (Fsp3) is 0.300. The van der Waals surface area contributed by atoms with E-state index in [2.05, 4.69) is 15.3 Å². The molecule has 0 radical (unpaired) electrons. The molecule has 1 amide bonds. The number of carbonyl (C=O) groups is 1. The normalized spacial score (nSPS) is 14.8. The van der Waals surface area contributed by atoms with Gasteiger partial charge < -0.3 is 10.6 Å². The summed E-state index contributed by atoms with van der Waals surface area (Å²) in [5.41, 5.74) is 5.66. The molecule has 0 bridgehead atoms. The van der Waals surface area contributed by atoms with E-state index in [-0.39, 0.29) is 22.8 Å². The highest BCUT2D eigenvalue weighted by molar-refractivity contribution is 6.33. The first-order chi connectivity index (χ1) is 15.1. The van der Waals surface area contributed by atoms with E-state index in [0.717, 1.165) is 6.07 Å². The number of benzene rings is 1. The van der Waals surface area contributed by atoms with Crippen molar-refractivity contribution in [2.75, 3.05) is 11.4 Å². The van der Waals surface area contributed by atoms with Gasteiger partial charge in [-0.1, -0.05) is 29.8 Å². The second-order valence-electron chi connectivity index (χ2n) is 7.41. The third-order valence-corrected chi connectivity index (χ3v) is 5.89. The van der Waals surface area contributed by atoms with E-state index < -0.39 is 29.2 Å². The lowest BCUT2D eigenvalue weighted by molar-refractivity contribution is -0.138. The number of anilines is 1. The zero-order valence-electron chi connectivity index (χ0n) is 16.8. The minimum absolute atomic E-state index is 0.0324. The van der Waals surface area contributed by atoms with Crippen LogP contribution in [-0.2, 0) is 19.1 Å². The van der Waals surface area contributed by atoms with Crippen LogP contribution in [0.25, 0.3) is 0 Å². The summed E-state index contributed by atoms with van der Waals surface area (Å²) in [6.07, 6.45) is -2.80. The van der Waals surface area contributed by atoms with Gasteiger partial charge in [-0.2, -0.15) is 23.4 Å². The maximum atomic E-state index is 13.5. The molecule has 0 aliphatic carbocycles. The number of nitrogens with one attached hydrogen (secondary N) is 1. The number of aromatic nitrogens is 4. The molecule has 1 aromatic carbocycles. The van der Waals surface area contributed by atoms with E-state index in [1.165, 1.54) is 29.1 Å². The zero-order valence-corrected chi connectivity index (χ0v) is 17.5. The standard InChI is InChI=1S/C20H18ClF3N6O2/c1-10(11-4-2-3-5-13(11)20(22,23)24)30-14-6-7-29(9-12(14)17(28-30)18(25)31)15-8-26-27-19(32)16(15)21/h2-5,8,10H,6-7,9H2,1H3,(H2,25,31)(H,27,32)/t10-/m1/s1. The lowest BCUT2D eigenvalue weighted by atomic mass is 9.99. The molecule has 4 rings (SSSR count). The van der Waals surface area contributed by atoms with Gasteiger partial charge in [-0.3, -0.25) is 14.3 Å². The maximum Gasteiger partial charge on any atom is 0.416 e. The van der Waals surface area contributed by atoms with Crippen molar-refractivity contribution < 1.29 is 18.0 Å². The predicted molar refractivity (Wildman–Crippen MR) is 111 cm³/mol. The Morgan fingerprint density at radius 3 is 2.72 bits per heavy atom. The van der Waals surface area contributed by atoms with Gasteiger partial charge in [-0.05, 0) is 18.6 Å². The lowest BCUT2D eigenvalue weighted by Crippen LogP contribution is -2.33. The average molecular weight is 467 g/mol. The van der Waals surface area contributed by atoms with E-state index in [1.807, 2.05) is 0 Å². The van der Waals surface area contributed by atoms with Crippen LogP contribution in [0, 0.1) is 0 Å². The van der Waals surface area contributed by atoms with Crippen LogP contribution >= 0.6 is 11.6 Å². The van der Waals surface area contributed by atoms with E-state index in [4.69, 9.17) is 17.3 Å². The number of amides is 1. The lowest BCUT2D eigenvalue weighted by Gasteiger charge is -2.30. The number of rotatable bonds is 4. The van der Waals surface area contributed by atoms with Gasteiger partial charge in [-0.25, -0.2) is 5.10 Å². The smallest absolute Gasteiger partial charge is 0.364 e. The summed E-state index contributed by atoms with van der Waals surface area (Å²) in [4.78, 5) is 25.6. The van der Waals surface area contributed by atoms with Crippen LogP contribution in [0.5, 0.6) is 0 Å². The molecule has 1 aliphatic heterocycles. The number of nitrogens with zero attached hydrogens (tertiary/aromatic N) is 4. The molecule has 1 aliphatic rings. The van der Waals surface area contributed by atoms with Gasteiger partial charge in [0.05, 0.1) is 23.5 Å². The van der Waals surface area contributed by atoms with Crippen molar-refractivity contribution in [2.45, 2.75) is 32.1 Å². The van der Waals surface area contributed by atoms with Crippen LogP contribution in [0.15, 0.2) is 35.3 Å². The molecule has 0 spiro atoms. The van der Waals surface area contributed by atoms with Gasteiger partial charge in [0.1, 0.15) is 5.02 Å². The number of aromatic amines is 1. The Hall–Kier alpha value is -3.34. The Labute approximate surface area is 184 Å². The summed E-state index contributed by atoms with van der Waals surface area (Å²) < 4.78 is 42.1. The quantitative estimate of drug-likeness (QED) is 0.614. The number of H-pyrrole nitrogens is 1. The molecule has 1 atom stereocenters. The van der Waals surface area contributed by atoms with E-state index in [9.17, 15) is 22.8 Å². The van der Waals surface area contributed by atoms with E-state index in [0.29, 0.717) is 29.9 Å².